The first-order chi connectivity index (χ1) is 7.87. The Morgan fingerprint density at radius 1 is 1.35 bits per heavy atom. The average Bonchev–Trinajstić information content (AvgIpc) is 2.13. The predicted octanol–water partition coefficient (Wildman–Crippen LogP) is 3.58. The standard InChI is InChI=1S/C11H19F3N2S/c1-8-7-9(2)17-10(16-8)15-6-4-3-5-11(12,13)14/h8-9H,3-7H2,1-2H3,(H,15,16). The third-order valence-corrected chi connectivity index (χ3v) is 3.56. The Balaban J connectivity index is 2.20. The molecule has 0 radical (unpaired) electrons. The zero-order chi connectivity index (χ0) is 12.9. The van der Waals surface area contributed by atoms with Crippen LogP contribution in [0.4, 0.5) is 13.2 Å². The smallest absolute Gasteiger partial charge is 0.362 e. The summed E-state index contributed by atoms with van der Waals surface area (Å²) in [6.45, 7) is 4.71. The molecule has 0 aromatic rings. The summed E-state index contributed by atoms with van der Waals surface area (Å²) < 4.78 is 35.7. The number of nitrogens with zero attached hydrogens (tertiary/aromatic N) is 1. The van der Waals surface area contributed by atoms with Gasteiger partial charge in [0.2, 0.25) is 0 Å². The maximum absolute atomic E-state index is 11.9. The molecule has 0 aliphatic carbocycles. The van der Waals surface area contributed by atoms with Gasteiger partial charge in [-0.3, -0.25) is 4.99 Å². The molecule has 0 bridgehead atoms. The summed E-state index contributed by atoms with van der Waals surface area (Å²) in [6, 6.07) is 0.403. The third kappa shape index (κ3) is 6.81. The van der Waals surface area contributed by atoms with Gasteiger partial charge in [-0.1, -0.05) is 18.7 Å². The number of hydrogen-bond acceptors (Lipinski definition) is 2. The molecule has 0 amide bonds. The first-order valence-electron chi connectivity index (χ1n) is 5.91. The van der Waals surface area contributed by atoms with Crippen molar-refractivity contribution in [1.82, 2.24) is 5.32 Å². The second kappa shape index (κ2) is 6.52. The van der Waals surface area contributed by atoms with E-state index in [1.807, 2.05) is 0 Å². The second-order valence-corrected chi connectivity index (χ2v) is 5.90. The van der Waals surface area contributed by atoms with Gasteiger partial charge in [-0.15, -0.1) is 0 Å². The van der Waals surface area contributed by atoms with Crippen LogP contribution in [0.25, 0.3) is 0 Å². The summed E-state index contributed by atoms with van der Waals surface area (Å²) in [4.78, 5) is 4.30. The number of hydrogen-bond donors (Lipinski definition) is 1. The molecule has 17 heavy (non-hydrogen) atoms. The normalized spacial score (nSPS) is 28.2. The van der Waals surface area contributed by atoms with Gasteiger partial charge in [0.05, 0.1) is 0 Å². The number of amidine groups is 1. The van der Waals surface area contributed by atoms with Crippen LogP contribution >= 0.6 is 11.8 Å². The first-order valence-corrected chi connectivity index (χ1v) is 6.79. The van der Waals surface area contributed by atoms with Crippen molar-refractivity contribution in [3.05, 3.63) is 0 Å². The van der Waals surface area contributed by atoms with Crippen molar-refractivity contribution in [3.8, 4) is 0 Å². The van der Waals surface area contributed by atoms with E-state index < -0.39 is 12.6 Å². The SMILES string of the molecule is CC1CC(C)SC(=NCCCCC(F)(F)F)N1. The lowest BCUT2D eigenvalue weighted by molar-refractivity contribution is -0.135. The topological polar surface area (TPSA) is 24.4 Å². The highest BCUT2D eigenvalue weighted by atomic mass is 32.2. The lowest BCUT2D eigenvalue weighted by atomic mass is 10.2. The number of nitrogens with one attached hydrogen (secondary N) is 1. The van der Waals surface area contributed by atoms with E-state index >= 15 is 0 Å². The Labute approximate surface area is 104 Å². The highest BCUT2D eigenvalue weighted by Gasteiger charge is 2.25. The van der Waals surface area contributed by atoms with Crippen LogP contribution in [0, 0.1) is 0 Å². The molecule has 1 fully saturated rings. The maximum atomic E-state index is 11.9. The van der Waals surface area contributed by atoms with Crippen molar-refractivity contribution < 1.29 is 13.2 Å². The highest BCUT2D eigenvalue weighted by Crippen LogP contribution is 2.23. The molecule has 100 valence electrons. The third-order valence-electron chi connectivity index (χ3n) is 2.49. The molecule has 1 rings (SSSR count). The Kier molecular flexibility index (Phi) is 5.62. The predicted molar refractivity (Wildman–Crippen MR) is 66.5 cm³/mol. The molecule has 2 atom stereocenters. The summed E-state index contributed by atoms with van der Waals surface area (Å²) in [5.41, 5.74) is 0. The molecule has 2 nitrogen and oxygen atoms in total. The van der Waals surface area contributed by atoms with Gasteiger partial charge in [0.1, 0.15) is 0 Å². The Morgan fingerprint density at radius 2 is 2.06 bits per heavy atom. The molecule has 0 aromatic carbocycles. The van der Waals surface area contributed by atoms with Gasteiger partial charge < -0.3 is 5.32 Å². The van der Waals surface area contributed by atoms with Gasteiger partial charge in [-0.05, 0) is 26.2 Å². The van der Waals surface area contributed by atoms with Crippen molar-refractivity contribution in [3.63, 3.8) is 0 Å². The minimum absolute atomic E-state index is 0.163. The van der Waals surface area contributed by atoms with Gasteiger partial charge in [0.25, 0.3) is 0 Å². The van der Waals surface area contributed by atoms with Gasteiger partial charge in [0.15, 0.2) is 5.17 Å². The van der Waals surface area contributed by atoms with Crippen molar-refractivity contribution >= 4 is 16.9 Å². The fraction of sp³-hybridized carbons (Fsp3) is 0.909. The molecular formula is C11H19F3N2S. The maximum Gasteiger partial charge on any atom is 0.389 e. The number of thioether (sulfide) groups is 1. The van der Waals surface area contributed by atoms with Gasteiger partial charge in [0, 0.05) is 24.3 Å². The largest absolute Gasteiger partial charge is 0.389 e. The number of rotatable bonds is 4. The lowest BCUT2D eigenvalue weighted by Gasteiger charge is -2.26. The lowest BCUT2D eigenvalue weighted by Crippen LogP contribution is -2.38. The van der Waals surface area contributed by atoms with Gasteiger partial charge >= 0.3 is 6.18 Å². The molecule has 1 N–H and O–H groups in total. The summed E-state index contributed by atoms with van der Waals surface area (Å²) in [6.07, 6.45) is -2.99. The van der Waals surface area contributed by atoms with Gasteiger partial charge in [-0.25, -0.2) is 0 Å². The van der Waals surface area contributed by atoms with E-state index in [-0.39, 0.29) is 6.42 Å². The minimum atomic E-state index is -4.03. The van der Waals surface area contributed by atoms with Crippen molar-refractivity contribution in [2.24, 2.45) is 4.99 Å². The summed E-state index contributed by atoms with van der Waals surface area (Å²) in [5.74, 6) is 0. The molecule has 1 aliphatic rings. The van der Waals surface area contributed by atoms with Crippen LogP contribution in [0.2, 0.25) is 0 Å². The van der Waals surface area contributed by atoms with E-state index in [2.05, 4.69) is 24.2 Å². The second-order valence-electron chi connectivity index (χ2n) is 4.47. The number of aliphatic imine (C=N–C) groups is 1. The summed E-state index contributed by atoms with van der Waals surface area (Å²) >= 11 is 1.67. The van der Waals surface area contributed by atoms with Crippen LogP contribution in [0.15, 0.2) is 4.99 Å². The molecule has 1 heterocycles. The fourth-order valence-corrected chi connectivity index (χ4v) is 2.94. The Hall–Kier alpha value is -0.390. The quantitative estimate of drug-likeness (QED) is 0.788. The number of alkyl halides is 3. The van der Waals surface area contributed by atoms with Crippen LogP contribution < -0.4 is 5.32 Å². The van der Waals surface area contributed by atoms with Crippen molar-refractivity contribution in [2.45, 2.75) is 57.0 Å². The van der Waals surface area contributed by atoms with E-state index in [0.29, 0.717) is 24.3 Å². The Morgan fingerprint density at radius 3 is 2.65 bits per heavy atom. The van der Waals surface area contributed by atoms with Crippen molar-refractivity contribution in [1.29, 1.82) is 0 Å². The molecule has 0 saturated carbocycles. The monoisotopic (exact) mass is 268 g/mol. The molecule has 1 saturated heterocycles. The molecule has 6 heteroatoms. The van der Waals surface area contributed by atoms with Crippen LogP contribution in [-0.4, -0.2) is 29.2 Å². The zero-order valence-electron chi connectivity index (χ0n) is 10.2. The molecule has 0 aromatic heterocycles. The van der Waals surface area contributed by atoms with Crippen LogP contribution in [0.3, 0.4) is 0 Å². The van der Waals surface area contributed by atoms with E-state index in [4.69, 9.17) is 0 Å². The fourth-order valence-electron chi connectivity index (χ4n) is 1.74. The van der Waals surface area contributed by atoms with Crippen LogP contribution in [0.5, 0.6) is 0 Å². The summed E-state index contributed by atoms with van der Waals surface area (Å²) in [5, 5.41) is 4.65. The minimum Gasteiger partial charge on any atom is -0.362 e. The number of halogens is 3. The van der Waals surface area contributed by atoms with E-state index in [1.54, 1.807) is 11.8 Å². The molecule has 2 unspecified atom stereocenters. The van der Waals surface area contributed by atoms with Gasteiger partial charge in [-0.2, -0.15) is 13.2 Å². The van der Waals surface area contributed by atoms with Crippen molar-refractivity contribution in [2.75, 3.05) is 6.54 Å². The average molecular weight is 268 g/mol. The first kappa shape index (κ1) is 14.7. The molecular weight excluding hydrogens is 249 g/mol. The van der Waals surface area contributed by atoms with Crippen LogP contribution in [-0.2, 0) is 0 Å². The Bertz CT molecular complexity index is 254. The molecule has 1 aliphatic heterocycles. The number of unbranched alkanes of at least 4 members (excludes halogenated alkanes) is 1. The van der Waals surface area contributed by atoms with E-state index in [1.165, 1.54) is 0 Å². The van der Waals surface area contributed by atoms with E-state index in [9.17, 15) is 13.2 Å². The molecule has 0 spiro atoms. The van der Waals surface area contributed by atoms with E-state index in [0.717, 1.165) is 11.6 Å². The van der Waals surface area contributed by atoms with Crippen LogP contribution in [0.1, 0.15) is 39.5 Å². The zero-order valence-corrected chi connectivity index (χ0v) is 11.0. The highest BCUT2D eigenvalue weighted by molar-refractivity contribution is 8.14. The summed E-state index contributed by atoms with van der Waals surface area (Å²) in [7, 11) is 0.